The van der Waals surface area contributed by atoms with Crippen molar-refractivity contribution in [3.8, 4) is 0 Å². The van der Waals surface area contributed by atoms with Gasteiger partial charge in [-0.25, -0.2) is 9.97 Å². The number of alkyl halides is 1. The van der Waals surface area contributed by atoms with E-state index in [0.717, 1.165) is 18.7 Å². The molecule has 3 nitrogen and oxygen atoms in total. The first-order valence-corrected chi connectivity index (χ1v) is 4.98. The van der Waals surface area contributed by atoms with Crippen molar-refractivity contribution in [1.82, 2.24) is 9.97 Å². The first kappa shape index (κ1) is 10.3. The van der Waals surface area contributed by atoms with Crippen molar-refractivity contribution in [3.05, 3.63) is 18.6 Å². The zero-order valence-corrected chi connectivity index (χ0v) is 8.46. The minimum Gasteiger partial charge on any atom is -0.367 e. The van der Waals surface area contributed by atoms with Gasteiger partial charge < -0.3 is 5.32 Å². The Morgan fingerprint density at radius 1 is 1.62 bits per heavy atom. The van der Waals surface area contributed by atoms with Gasteiger partial charge in [-0.1, -0.05) is 6.92 Å². The first-order valence-electron chi connectivity index (χ1n) is 4.45. The standard InChI is InChI=1S/C9H14ClN3/c1-2-8(3-5-10)13-9-4-6-11-7-12-9/h4,6-8H,2-3,5H2,1H3,(H,11,12,13). The molecule has 72 valence electrons. The summed E-state index contributed by atoms with van der Waals surface area (Å²) in [5.74, 6) is 1.54. The van der Waals surface area contributed by atoms with E-state index in [1.807, 2.05) is 6.07 Å². The summed E-state index contributed by atoms with van der Waals surface area (Å²) >= 11 is 5.67. The second kappa shape index (κ2) is 5.75. The van der Waals surface area contributed by atoms with Crippen LogP contribution in [0, 0.1) is 0 Å². The molecule has 0 fully saturated rings. The van der Waals surface area contributed by atoms with Crippen molar-refractivity contribution in [2.45, 2.75) is 25.8 Å². The molecule has 1 atom stereocenters. The Bertz CT molecular complexity index is 228. The van der Waals surface area contributed by atoms with Crippen LogP contribution < -0.4 is 5.32 Å². The second-order valence-electron chi connectivity index (χ2n) is 2.82. The van der Waals surface area contributed by atoms with Gasteiger partial charge in [0.1, 0.15) is 12.1 Å². The molecule has 0 aliphatic rings. The van der Waals surface area contributed by atoms with Gasteiger partial charge >= 0.3 is 0 Å². The molecule has 0 aliphatic carbocycles. The molecule has 0 aromatic carbocycles. The molecule has 0 aliphatic heterocycles. The fourth-order valence-corrected chi connectivity index (χ4v) is 1.36. The number of aromatic nitrogens is 2. The topological polar surface area (TPSA) is 37.8 Å². The third-order valence-electron chi connectivity index (χ3n) is 1.88. The number of hydrogen-bond acceptors (Lipinski definition) is 3. The fourth-order valence-electron chi connectivity index (χ4n) is 1.10. The maximum Gasteiger partial charge on any atom is 0.129 e. The zero-order chi connectivity index (χ0) is 9.52. The normalized spacial score (nSPS) is 12.5. The van der Waals surface area contributed by atoms with Gasteiger partial charge in [0.25, 0.3) is 0 Å². The predicted octanol–water partition coefficient (Wildman–Crippen LogP) is 2.30. The molecule has 0 saturated heterocycles. The van der Waals surface area contributed by atoms with Crippen LogP contribution in [0.5, 0.6) is 0 Å². The molecular formula is C9H14ClN3. The molecule has 1 rings (SSSR count). The van der Waals surface area contributed by atoms with Gasteiger partial charge in [0.2, 0.25) is 0 Å². The third-order valence-corrected chi connectivity index (χ3v) is 2.10. The predicted molar refractivity (Wildman–Crippen MR) is 55.1 cm³/mol. The van der Waals surface area contributed by atoms with E-state index >= 15 is 0 Å². The zero-order valence-electron chi connectivity index (χ0n) is 7.70. The van der Waals surface area contributed by atoms with E-state index in [1.165, 1.54) is 6.33 Å². The van der Waals surface area contributed by atoms with Crippen LogP contribution >= 0.6 is 11.6 Å². The Labute approximate surface area is 83.5 Å². The van der Waals surface area contributed by atoms with E-state index in [2.05, 4.69) is 22.2 Å². The largest absolute Gasteiger partial charge is 0.367 e. The van der Waals surface area contributed by atoms with E-state index in [1.54, 1.807) is 6.20 Å². The van der Waals surface area contributed by atoms with Crippen molar-refractivity contribution in [1.29, 1.82) is 0 Å². The lowest BCUT2D eigenvalue weighted by Gasteiger charge is -2.15. The molecule has 1 unspecified atom stereocenters. The maximum atomic E-state index is 5.67. The highest BCUT2D eigenvalue weighted by Gasteiger charge is 2.04. The quantitative estimate of drug-likeness (QED) is 0.740. The summed E-state index contributed by atoms with van der Waals surface area (Å²) in [7, 11) is 0. The Hall–Kier alpha value is -0.830. The van der Waals surface area contributed by atoms with Crippen molar-refractivity contribution >= 4 is 17.4 Å². The number of nitrogens with one attached hydrogen (secondary N) is 1. The number of hydrogen-bond donors (Lipinski definition) is 1. The second-order valence-corrected chi connectivity index (χ2v) is 3.20. The highest BCUT2D eigenvalue weighted by Crippen LogP contribution is 2.07. The van der Waals surface area contributed by atoms with Gasteiger partial charge in [-0.15, -0.1) is 11.6 Å². The molecule has 1 aromatic rings. The van der Waals surface area contributed by atoms with Crippen LogP contribution in [-0.4, -0.2) is 21.9 Å². The van der Waals surface area contributed by atoms with Crippen LogP contribution in [0.4, 0.5) is 5.82 Å². The van der Waals surface area contributed by atoms with Crippen LogP contribution in [0.3, 0.4) is 0 Å². The van der Waals surface area contributed by atoms with Crippen LogP contribution in [-0.2, 0) is 0 Å². The molecule has 1 N–H and O–H groups in total. The van der Waals surface area contributed by atoms with E-state index in [-0.39, 0.29) is 0 Å². The molecule has 0 radical (unpaired) electrons. The lowest BCUT2D eigenvalue weighted by molar-refractivity contribution is 0.671. The molecule has 0 saturated carbocycles. The molecule has 0 amide bonds. The van der Waals surface area contributed by atoms with Crippen molar-refractivity contribution in [3.63, 3.8) is 0 Å². The van der Waals surface area contributed by atoms with E-state index < -0.39 is 0 Å². The van der Waals surface area contributed by atoms with Crippen LogP contribution in [0.2, 0.25) is 0 Å². The molecule has 0 spiro atoms. The Morgan fingerprint density at radius 3 is 3.00 bits per heavy atom. The average Bonchev–Trinajstić information content (AvgIpc) is 2.19. The van der Waals surface area contributed by atoms with Crippen molar-refractivity contribution in [2.24, 2.45) is 0 Å². The average molecular weight is 200 g/mol. The number of anilines is 1. The number of halogens is 1. The summed E-state index contributed by atoms with van der Waals surface area (Å²) in [6.07, 6.45) is 5.28. The van der Waals surface area contributed by atoms with Crippen molar-refractivity contribution in [2.75, 3.05) is 11.2 Å². The Balaban J connectivity index is 2.46. The fraction of sp³-hybridized carbons (Fsp3) is 0.556. The summed E-state index contributed by atoms with van der Waals surface area (Å²) in [6, 6.07) is 2.27. The summed E-state index contributed by atoms with van der Waals surface area (Å²) < 4.78 is 0. The van der Waals surface area contributed by atoms with Gasteiger partial charge in [0, 0.05) is 18.1 Å². The lowest BCUT2D eigenvalue weighted by atomic mass is 10.2. The highest BCUT2D eigenvalue weighted by atomic mass is 35.5. The highest BCUT2D eigenvalue weighted by molar-refractivity contribution is 6.17. The monoisotopic (exact) mass is 199 g/mol. The first-order chi connectivity index (χ1) is 6.36. The summed E-state index contributed by atoms with van der Waals surface area (Å²) in [4.78, 5) is 7.93. The number of nitrogens with zero attached hydrogens (tertiary/aromatic N) is 2. The molecule has 13 heavy (non-hydrogen) atoms. The van der Waals surface area contributed by atoms with Gasteiger partial charge in [-0.05, 0) is 18.9 Å². The SMILES string of the molecule is CCC(CCCl)Nc1ccncn1. The molecular weight excluding hydrogens is 186 g/mol. The Morgan fingerprint density at radius 2 is 2.46 bits per heavy atom. The third kappa shape index (κ3) is 3.59. The minimum atomic E-state index is 0.410. The van der Waals surface area contributed by atoms with Crippen LogP contribution in [0.25, 0.3) is 0 Å². The summed E-state index contributed by atoms with van der Waals surface area (Å²) in [5.41, 5.74) is 0. The lowest BCUT2D eigenvalue weighted by Crippen LogP contribution is -2.19. The Kier molecular flexibility index (Phi) is 4.54. The number of rotatable bonds is 5. The van der Waals surface area contributed by atoms with Gasteiger partial charge in [0.05, 0.1) is 0 Å². The van der Waals surface area contributed by atoms with Gasteiger partial charge in [0.15, 0.2) is 0 Å². The van der Waals surface area contributed by atoms with Crippen LogP contribution in [0.1, 0.15) is 19.8 Å². The van der Waals surface area contributed by atoms with E-state index in [4.69, 9.17) is 11.6 Å². The summed E-state index contributed by atoms with van der Waals surface area (Å²) in [5, 5.41) is 3.29. The van der Waals surface area contributed by atoms with Crippen LogP contribution in [0.15, 0.2) is 18.6 Å². The molecule has 4 heteroatoms. The van der Waals surface area contributed by atoms with Gasteiger partial charge in [-0.3, -0.25) is 0 Å². The van der Waals surface area contributed by atoms with E-state index in [9.17, 15) is 0 Å². The van der Waals surface area contributed by atoms with Crippen molar-refractivity contribution < 1.29 is 0 Å². The molecule has 1 heterocycles. The maximum absolute atomic E-state index is 5.67. The molecule has 1 aromatic heterocycles. The summed E-state index contributed by atoms with van der Waals surface area (Å²) in [6.45, 7) is 2.13. The molecule has 0 bridgehead atoms. The minimum absolute atomic E-state index is 0.410. The van der Waals surface area contributed by atoms with E-state index in [0.29, 0.717) is 11.9 Å². The smallest absolute Gasteiger partial charge is 0.129 e. The van der Waals surface area contributed by atoms with Gasteiger partial charge in [-0.2, -0.15) is 0 Å².